The number of ketones is 1. The zero-order valence-corrected chi connectivity index (χ0v) is 68.1. The third-order valence-corrected chi connectivity index (χ3v) is 26.0. The molecule has 2 heterocycles. The van der Waals surface area contributed by atoms with Gasteiger partial charge in [0.1, 0.15) is 34.9 Å². The van der Waals surface area contributed by atoms with Crippen LogP contribution < -0.4 is 23.7 Å². The standard InChI is InChI=1S/C92H102O26/c1-87(2)66-43-46-92(7)81(65(93)51-63-64-52-89(4,86(103)104)48-47-88(64,3)49-50-91(63,92)6)90(66,5)45-44-67(87)110-84-79(114-71(97)41-26-56-19-34-61(108-11)35-20-56)76(113-70(96)40-25-55-17-32-60(107-10)33-18-55)74(78(117-84)83(101)102)116-85-80(115-72(98)42-27-57-21-36-62(109-12)37-22-57)75(112-69(95)39-24-54-15-30-59(106-9)31-16-54)73(77(118-85)82(99)100)111-68(94)38-23-53-13-28-58(105-8)29-14-53/h13-42,51,64,66-67,73-81,84-85H,43-50,52H2,1-12H3,(H,99,100)(H,101,102)(H,103,104)/b38-23+,39-24+,40-25+,41-26+,42-27+/t64?,66?,67-,73-,74-,75-,76-,77-,78-,79+,80+,81?,84+,85+,88+,89-,90-,91+,92+/m0/s1. The van der Waals surface area contributed by atoms with E-state index >= 15 is 9.59 Å². The average molecular weight is 1620 g/mol. The van der Waals surface area contributed by atoms with Crippen molar-refractivity contribution < 1.29 is 125 Å². The van der Waals surface area contributed by atoms with Crippen molar-refractivity contribution >= 4 is 83.9 Å². The molecule has 5 aromatic carbocycles. The topological polar surface area (TPSA) is 344 Å². The summed E-state index contributed by atoms with van der Waals surface area (Å²) in [6.07, 6.45) is -5.23. The Kier molecular flexibility index (Phi) is 26.0. The predicted molar refractivity (Wildman–Crippen MR) is 429 cm³/mol. The summed E-state index contributed by atoms with van der Waals surface area (Å²) in [5, 5.41) is 33.8. The molecule has 0 aromatic heterocycles. The number of fused-ring (bicyclic) bond motifs is 7. The van der Waals surface area contributed by atoms with Gasteiger partial charge in [-0.05, 0) is 229 Å². The van der Waals surface area contributed by atoms with Crippen molar-refractivity contribution in [3.05, 3.63) is 191 Å². The van der Waals surface area contributed by atoms with E-state index in [1.165, 1.54) is 65.9 Å². The van der Waals surface area contributed by atoms with Crippen LogP contribution in [0.5, 0.6) is 28.7 Å². The molecule has 5 aliphatic carbocycles. The Labute approximate surface area is 685 Å². The molecule has 2 aliphatic heterocycles. The molecule has 118 heavy (non-hydrogen) atoms. The van der Waals surface area contributed by atoms with Crippen LogP contribution in [0.25, 0.3) is 30.4 Å². The van der Waals surface area contributed by atoms with Crippen LogP contribution in [-0.4, -0.2) is 172 Å². The number of rotatable bonds is 27. The van der Waals surface area contributed by atoms with E-state index in [1.54, 1.807) is 121 Å². The van der Waals surface area contributed by atoms with Gasteiger partial charge in [-0.25, -0.2) is 33.6 Å². The number of ether oxygens (including phenoxy) is 14. The third-order valence-electron chi connectivity index (χ3n) is 26.0. The lowest BCUT2D eigenvalue weighted by Crippen LogP contribution is -2.69. The minimum atomic E-state index is -2.49. The van der Waals surface area contributed by atoms with Gasteiger partial charge in [-0.3, -0.25) is 9.59 Å². The Hall–Kier alpha value is -11.2. The van der Waals surface area contributed by atoms with Crippen molar-refractivity contribution in [3.8, 4) is 28.7 Å². The highest BCUT2D eigenvalue weighted by molar-refractivity contribution is 5.96. The second-order valence-corrected chi connectivity index (χ2v) is 33.2. The Balaban J connectivity index is 0.959. The third kappa shape index (κ3) is 18.1. The summed E-state index contributed by atoms with van der Waals surface area (Å²) in [4.78, 5) is 131. The maximum atomic E-state index is 15.6. The van der Waals surface area contributed by atoms with Gasteiger partial charge < -0.3 is 81.6 Å². The fourth-order valence-corrected chi connectivity index (χ4v) is 19.2. The largest absolute Gasteiger partial charge is 0.497 e. The lowest BCUT2D eigenvalue weighted by atomic mass is 9.33. The molecule has 626 valence electrons. The number of hydrogen-bond donors (Lipinski definition) is 3. The van der Waals surface area contributed by atoms with Gasteiger partial charge in [0.15, 0.2) is 61.1 Å². The molecule has 0 amide bonds. The first kappa shape index (κ1) is 86.2. The van der Waals surface area contributed by atoms with Crippen LogP contribution in [0.4, 0.5) is 0 Å². The quantitative estimate of drug-likeness (QED) is 0.0190. The smallest absolute Gasteiger partial charge is 0.337 e. The van der Waals surface area contributed by atoms with Crippen molar-refractivity contribution in [2.24, 2.45) is 50.2 Å². The Morgan fingerprint density at radius 2 is 0.754 bits per heavy atom. The van der Waals surface area contributed by atoms with E-state index in [9.17, 15) is 48.9 Å². The summed E-state index contributed by atoms with van der Waals surface area (Å²) in [5.41, 5.74) is -0.567. The summed E-state index contributed by atoms with van der Waals surface area (Å²) >= 11 is 0. The van der Waals surface area contributed by atoms with Gasteiger partial charge in [-0.1, -0.05) is 108 Å². The lowest BCUT2D eigenvalue weighted by Gasteiger charge is -2.70. The van der Waals surface area contributed by atoms with Crippen LogP contribution in [0.2, 0.25) is 0 Å². The number of carboxylic acids is 3. The number of carbonyl (C=O) groups is 9. The van der Waals surface area contributed by atoms with Crippen molar-refractivity contribution in [1.29, 1.82) is 0 Å². The minimum Gasteiger partial charge on any atom is -0.497 e. The SMILES string of the molecule is COc1ccc(/C=C/C(=O)O[C@@H]2[C@@H](OC(=O)/C=C/c3ccc(OC)cc3)[C@H](O[C@H]3[C@H](OC(=O)/C=C/c4ccc(OC)cc4)[C@@H](OC(=O)/C=C/c4ccc(OC)cc4)[C@H](O[C@H]4CC[C@@]5(C)C(CC[C@]6(C)C5C(=O)C=C5C7C[C@@](C)(C(=O)O)CC[C@]7(C)CC[C@]56C)C4(C)C)O[C@@H]3C(=O)O)O[C@H](C(=O)O)[C@H]2OC(=O)/C=C/c2ccc(OC)cc2)cc1. The highest BCUT2D eigenvalue weighted by Gasteiger charge is 2.71. The van der Waals surface area contributed by atoms with E-state index in [-0.39, 0.29) is 29.5 Å². The molecule has 26 heteroatoms. The molecule has 19 atom stereocenters. The first-order chi connectivity index (χ1) is 56.2. The minimum absolute atomic E-state index is 0.0188. The first-order valence-corrected chi connectivity index (χ1v) is 39.4. The lowest BCUT2D eigenvalue weighted by molar-refractivity contribution is -0.361. The average Bonchev–Trinajstić information content (AvgIpc) is 0.671. The fourth-order valence-electron chi connectivity index (χ4n) is 19.2. The van der Waals surface area contributed by atoms with Crippen LogP contribution in [-0.2, 0) is 85.8 Å². The van der Waals surface area contributed by atoms with Crippen molar-refractivity contribution in [1.82, 2.24) is 0 Å². The Morgan fingerprint density at radius 3 is 1.13 bits per heavy atom. The molecule has 6 fully saturated rings. The first-order valence-electron chi connectivity index (χ1n) is 39.4. The van der Waals surface area contributed by atoms with E-state index in [0.29, 0.717) is 88.7 Å². The van der Waals surface area contributed by atoms with E-state index in [2.05, 4.69) is 27.7 Å². The molecule has 7 aliphatic rings. The van der Waals surface area contributed by atoms with Crippen molar-refractivity contribution in [2.75, 3.05) is 35.5 Å². The molecule has 4 saturated carbocycles. The molecule has 26 nitrogen and oxygen atoms in total. The summed E-state index contributed by atoms with van der Waals surface area (Å²) in [6.45, 7) is 14.7. The summed E-state index contributed by atoms with van der Waals surface area (Å²) in [6, 6.07) is 32.4. The van der Waals surface area contributed by atoms with Crippen LogP contribution in [0, 0.1) is 50.2 Å². The molecule has 0 radical (unpaired) electrons. The zero-order valence-electron chi connectivity index (χ0n) is 68.1. The van der Waals surface area contributed by atoms with E-state index < -0.39 is 148 Å². The van der Waals surface area contributed by atoms with E-state index in [4.69, 9.17) is 66.3 Å². The number of esters is 5. The molecule has 2 saturated heterocycles. The summed E-state index contributed by atoms with van der Waals surface area (Å²) < 4.78 is 84.8. The van der Waals surface area contributed by atoms with Gasteiger partial charge in [0.25, 0.3) is 0 Å². The molecule has 12 rings (SSSR count). The number of methoxy groups -OCH3 is 5. The second-order valence-electron chi connectivity index (χ2n) is 33.2. The molecule has 3 N–H and O–H groups in total. The fraction of sp³-hybridized carbons (Fsp3) is 0.446. The molecule has 0 bridgehead atoms. The molecule has 3 unspecified atom stereocenters. The predicted octanol–water partition coefficient (Wildman–Crippen LogP) is 13.6. The number of allylic oxidation sites excluding steroid dienone is 2. The number of carbonyl (C=O) groups excluding carboxylic acids is 6. The molecular weight excluding hydrogens is 1520 g/mol. The number of benzene rings is 5. The number of hydrogen-bond acceptors (Lipinski definition) is 23. The zero-order chi connectivity index (χ0) is 84.8. The highest BCUT2D eigenvalue weighted by atomic mass is 16.8. The van der Waals surface area contributed by atoms with Crippen molar-refractivity contribution in [2.45, 2.75) is 174 Å². The van der Waals surface area contributed by atoms with Crippen LogP contribution in [0.15, 0.2) is 163 Å². The monoisotopic (exact) mass is 1620 g/mol. The highest BCUT2D eigenvalue weighted by Crippen LogP contribution is 2.75. The summed E-state index contributed by atoms with van der Waals surface area (Å²) in [5.74, 6) is -9.13. The van der Waals surface area contributed by atoms with Crippen LogP contribution in [0.1, 0.15) is 134 Å². The normalized spacial score (nSPS) is 31.6. The molecule has 5 aromatic rings. The number of carboxylic acid groups (broad SMARTS) is 3. The van der Waals surface area contributed by atoms with Crippen molar-refractivity contribution in [3.63, 3.8) is 0 Å². The van der Waals surface area contributed by atoms with Crippen LogP contribution in [0.3, 0.4) is 0 Å². The Morgan fingerprint density at radius 1 is 0.407 bits per heavy atom. The van der Waals surface area contributed by atoms with Gasteiger partial charge in [0, 0.05) is 36.3 Å². The Bertz CT molecular complexity index is 4730. The van der Waals surface area contributed by atoms with E-state index in [0.717, 1.165) is 55.2 Å². The van der Waals surface area contributed by atoms with Gasteiger partial charge in [0.05, 0.1) is 47.1 Å². The van der Waals surface area contributed by atoms with Crippen LogP contribution >= 0.6 is 0 Å². The maximum Gasteiger partial charge on any atom is 0.337 e. The van der Waals surface area contributed by atoms with Gasteiger partial charge in [-0.15, -0.1) is 0 Å². The van der Waals surface area contributed by atoms with Gasteiger partial charge in [-0.2, -0.15) is 0 Å². The van der Waals surface area contributed by atoms with Gasteiger partial charge >= 0.3 is 47.8 Å². The second kappa shape index (κ2) is 35.6. The summed E-state index contributed by atoms with van der Waals surface area (Å²) in [7, 11) is 7.35. The maximum absolute atomic E-state index is 15.6. The van der Waals surface area contributed by atoms with Gasteiger partial charge in [0.2, 0.25) is 0 Å². The number of aliphatic carboxylic acids is 3. The molecule has 0 spiro atoms. The molecular formula is C92H102O26. The van der Waals surface area contributed by atoms with E-state index in [1.807, 2.05) is 26.8 Å².